The van der Waals surface area contributed by atoms with Gasteiger partial charge in [-0.2, -0.15) is 5.10 Å². The summed E-state index contributed by atoms with van der Waals surface area (Å²) in [6.07, 6.45) is 2.05. The molecule has 0 saturated carbocycles. The first kappa shape index (κ1) is 13.2. The minimum atomic E-state index is 0.104. The van der Waals surface area contributed by atoms with Crippen LogP contribution < -0.4 is 0 Å². The van der Waals surface area contributed by atoms with E-state index in [-0.39, 0.29) is 5.54 Å². The largest absolute Gasteiger partial charge is 0.267 e. The molecule has 1 aromatic heterocycles. The predicted molar refractivity (Wildman–Crippen MR) is 62.7 cm³/mol. The SMILES string of the molecule is CC.CC(C)c1ccn(C(C)(C)C)n1. The monoisotopic (exact) mass is 196 g/mol. The number of rotatable bonds is 1. The van der Waals surface area contributed by atoms with Gasteiger partial charge in [0.1, 0.15) is 0 Å². The molecule has 82 valence electrons. The zero-order valence-corrected chi connectivity index (χ0v) is 10.6. The van der Waals surface area contributed by atoms with Crippen molar-refractivity contribution in [2.75, 3.05) is 0 Å². The number of hydrogen-bond acceptors (Lipinski definition) is 1. The fourth-order valence-corrected chi connectivity index (χ4v) is 1.02. The van der Waals surface area contributed by atoms with Crippen LogP contribution in [0.5, 0.6) is 0 Å². The summed E-state index contributed by atoms with van der Waals surface area (Å²) < 4.78 is 2.02. The molecule has 0 atom stereocenters. The van der Waals surface area contributed by atoms with Crippen molar-refractivity contribution in [3.05, 3.63) is 18.0 Å². The molecule has 2 nitrogen and oxygen atoms in total. The third kappa shape index (κ3) is 3.52. The highest BCUT2D eigenvalue weighted by Crippen LogP contribution is 2.16. The maximum absolute atomic E-state index is 4.50. The van der Waals surface area contributed by atoms with Crippen LogP contribution in [-0.2, 0) is 5.54 Å². The zero-order chi connectivity index (χ0) is 11.4. The minimum Gasteiger partial charge on any atom is -0.267 e. The van der Waals surface area contributed by atoms with Gasteiger partial charge in [0.2, 0.25) is 0 Å². The quantitative estimate of drug-likeness (QED) is 0.668. The molecular formula is C12H24N2. The Hall–Kier alpha value is -0.790. The molecule has 1 aromatic rings. The van der Waals surface area contributed by atoms with Crippen LogP contribution in [0.1, 0.15) is 60.1 Å². The summed E-state index contributed by atoms with van der Waals surface area (Å²) in [5.74, 6) is 0.522. The Morgan fingerprint density at radius 2 is 1.71 bits per heavy atom. The molecule has 2 heteroatoms. The van der Waals surface area contributed by atoms with Crippen molar-refractivity contribution >= 4 is 0 Å². The van der Waals surface area contributed by atoms with E-state index < -0.39 is 0 Å². The summed E-state index contributed by atoms with van der Waals surface area (Å²) >= 11 is 0. The van der Waals surface area contributed by atoms with E-state index >= 15 is 0 Å². The fraction of sp³-hybridized carbons (Fsp3) is 0.750. The Morgan fingerprint density at radius 3 is 1.93 bits per heavy atom. The van der Waals surface area contributed by atoms with Gasteiger partial charge in [-0.05, 0) is 32.8 Å². The molecule has 0 amide bonds. The summed E-state index contributed by atoms with van der Waals surface area (Å²) in [6, 6.07) is 2.09. The van der Waals surface area contributed by atoms with E-state index in [2.05, 4.69) is 52.0 Å². The van der Waals surface area contributed by atoms with Crippen LogP contribution in [0.25, 0.3) is 0 Å². The molecule has 1 rings (SSSR count). The van der Waals surface area contributed by atoms with Gasteiger partial charge in [0.25, 0.3) is 0 Å². The summed E-state index contributed by atoms with van der Waals surface area (Å²) in [7, 11) is 0. The van der Waals surface area contributed by atoms with Crippen molar-refractivity contribution in [1.82, 2.24) is 9.78 Å². The molecule has 14 heavy (non-hydrogen) atoms. The molecule has 0 aromatic carbocycles. The summed E-state index contributed by atoms with van der Waals surface area (Å²) in [5, 5.41) is 4.50. The summed E-state index contributed by atoms with van der Waals surface area (Å²) in [6.45, 7) is 14.8. The Balaban J connectivity index is 0.000000791. The van der Waals surface area contributed by atoms with E-state index in [0.717, 1.165) is 0 Å². The normalized spacial score (nSPS) is 11.1. The predicted octanol–water partition coefficient (Wildman–Crippen LogP) is 3.79. The van der Waals surface area contributed by atoms with Gasteiger partial charge in [0.15, 0.2) is 0 Å². The van der Waals surface area contributed by atoms with Gasteiger partial charge in [0.05, 0.1) is 11.2 Å². The average molecular weight is 196 g/mol. The second kappa shape index (κ2) is 5.18. The Bertz CT molecular complexity index is 254. The third-order valence-electron chi connectivity index (χ3n) is 1.89. The van der Waals surface area contributed by atoms with Gasteiger partial charge in [-0.15, -0.1) is 0 Å². The van der Waals surface area contributed by atoms with Crippen molar-refractivity contribution in [3.63, 3.8) is 0 Å². The molecule has 0 aliphatic heterocycles. The van der Waals surface area contributed by atoms with Gasteiger partial charge in [-0.1, -0.05) is 27.7 Å². The van der Waals surface area contributed by atoms with Gasteiger partial charge in [-0.3, -0.25) is 4.68 Å². The average Bonchev–Trinajstić information content (AvgIpc) is 2.54. The van der Waals surface area contributed by atoms with Gasteiger partial charge < -0.3 is 0 Å². The van der Waals surface area contributed by atoms with Gasteiger partial charge >= 0.3 is 0 Å². The van der Waals surface area contributed by atoms with Crippen molar-refractivity contribution in [1.29, 1.82) is 0 Å². The second-order valence-corrected chi connectivity index (χ2v) is 4.51. The fourth-order valence-electron chi connectivity index (χ4n) is 1.02. The van der Waals surface area contributed by atoms with Crippen LogP contribution in [0, 0.1) is 0 Å². The highest BCUT2D eigenvalue weighted by Gasteiger charge is 2.14. The van der Waals surface area contributed by atoms with Gasteiger partial charge in [-0.25, -0.2) is 0 Å². The van der Waals surface area contributed by atoms with Crippen LogP contribution in [0.4, 0.5) is 0 Å². The van der Waals surface area contributed by atoms with Crippen LogP contribution in [-0.4, -0.2) is 9.78 Å². The lowest BCUT2D eigenvalue weighted by molar-refractivity contribution is 0.352. The molecular weight excluding hydrogens is 172 g/mol. The summed E-state index contributed by atoms with van der Waals surface area (Å²) in [4.78, 5) is 0. The lowest BCUT2D eigenvalue weighted by Crippen LogP contribution is -2.22. The van der Waals surface area contributed by atoms with Crippen LogP contribution in [0.3, 0.4) is 0 Å². The molecule has 0 radical (unpaired) electrons. The van der Waals surface area contributed by atoms with E-state index in [1.807, 2.05) is 18.5 Å². The van der Waals surface area contributed by atoms with E-state index in [0.29, 0.717) is 5.92 Å². The number of aromatic nitrogens is 2. The highest BCUT2D eigenvalue weighted by atomic mass is 15.3. The van der Waals surface area contributed by atoms with Crippen LogP contribution in [0.15, 0.2) is 12.3 Å². The van der Waals surface area contributed by atoms with Crippen molar-refractivity contribution < 1.29 is 0 Å². The first-order valence-electron chi connectivity index (χ1n) is 5.47. The van der Waals surface area contributed by atoms with E-state index in [4.69, 9.17) is 0 Å². The topological polar surface area (TPSA) is 17.8 Å². The second-order valence-electron chi connectivity index (χ2n) is 4.51. The Morgan fingerprint density at radius 1 is 1.21 bits per heavy atom. The Kier molecular flexibility index (Phi) is 4.89. The maximum atomic E-state index is 4.50. The molecule has 1 heterocycles. The van der Waals surface area contributed by atoms with Crippen molar-refractivity contribution in [2.24, 2.45) is 0 Å². The van der Waals surface area contributed by atoms with Crippen LogP contribution in [0.2, 0.25) is 0 Å². The minimum absolute atomic E-state index is 0.104. The van der Waals surface area contributed by atoms with Crippen molar-refractivity contribution in [2.45, 2.75) is 59.9 Å². The molecule has 0 spiro atoms. The molecule has 0 fully saturated rings. The van der Waals surface area contributed by atoms with E-state index in [9.17, 15) is 0 Å². The molecule has 0 aliphatic carbocycles. The van der Waals surface area contributed by atoms with E-state index in [1.54, 1.807) is 0 Å². The first-order chi connectivity index (χ1) is 6.41. The maximum Gasteiger partial charge on any atom is 0.0650 e. The smallest absolute Gasteiger partial charge is 0.0650 e. The number of nitrogens with zero attached hydrogens (tertiary/aromatic N) is 2. The van der Waals surface area contributed by atoms with Crippen molar-refractivity contribution in [3.8, 4) is 0 Å². The lowest BCUT2D eigenvalue weighted by atomic mass is 10.1. The third-order valence-corrected chi connectivity index (χ3v) is 1.89. The molecule has 0 aliphatic rings. The highest BCUT2D eigenvalue weighted by molar-refractivity contribution is 5.04. The van der Waals surface area contributed by atoms with Crippen LogP contribution >= 0.6 is 0 Å². The molecule has 0 unspecified atom stereocenters. The lowest BCUT2D eigenvalue weighted by Gasteiger charge is -2.19. The molecule has 0 N–H and O–H groups in total. The zero-order valence-electron chi connectivity index (χ0n) is 10.6. The summed E-state index contributed by atoms with van der Waals surface area (Å²) in [5.41, 5.74) is 1.28. The molecule has 0 saturated heterocycles. The van der Waals surface area contributed by atoms with Gasteiger partial charge in [0, 0.05) is 6.20 Å². The molecule has 0 bridgehead atoms. The number of hydrogen-bond donors (Lipinski definition) is 0. The Labute approximate surface area is 88.3 Å². The standard InChI is InChI=1S/C10H18N2.C2H6/c1-8(2)9-6-7-12(11-9)10(3,4)5;1-2/h6-8H,1-5H3;1-2H3. The van der Waals surface area contributed by atoms with E-state index in [1.165, 1.54) is 5.69 Å². The first-order valence-corrected chi connectivity index (χ1v) is 5.47.